The molecule has 0 spiro atoms. The lowest BCUT2D eigenvalue weighted by Crippen LogP contribution is -2.20. The Bertz CT molecular complexity index is 963. The number of carbonyl (C=O) groups excluding carboxylic acids is 1. The number of aromatic nitrogens is 2. The fourth-order valence-electron chi connectivity index (χ4n) is 2.80. The second kappa shape index (κ2) is 6.74. The molecule has 0 amide bonds. The van der Waals surface area contributed by atoms with Gasteiger partial charge >= 0.3 is 0 Å². The number of carbonyl (C=O) groups is 1. The van der Waals surface area contributed by atoms with Crippen molar-refractivity contribution in [2.75, 3.05) is 0 Å². The van der Waals surface area contributed by atoms with Crippen molar-refractivity contribution < 1.29 is 9.18 Å². The van der Waals surface area contributed by atoms with Crippen LogP contribution in [-0.4, -0.2) is 15.8 Å². The highest BCUT2D eigenvalue weighted by atomic mass is 19.1. The van der Waals surface area contributed by atoms with Crippen LogP contribution in [-0.2, 0) is 6.54 Å². The number of pyridine rings is 2. The maximum absolute atomic E-state index is 14.6. The van der Waals surface area contributed by atoms with Crippen LogP contribution in [0.1, 0.15) is 30.1 Å². The van der Waals surface area contributed by atoms with Crippen molar-refractivity contribution in [1.82, 2.24) is 9.55 Å². The molecule has 122 valence electrons. The second-order valence-electron chi connectivity index (χ2n) is 5.64. The van der Waals surface area contributed by atoms with Crippen LogP contribution in [0.2, 0.25) is 0 Å². The number of hydrogen-bond acceptors (Lipinski definition) is 3. The molecule has 2 aromatic heterocycles. The van der Waals surface area contributed by atoms with Crippen LogP contribution >= 0.6 is 0 Å². The second-order valence-corrected chi connectivity index (χ2v) is 5.64. The molecule has 3 aromatic rings. The number of benzene rings is 1. The summed E-state index contributed by atoms with van der Waals surface area (Å²) in [4.78, 5) is 27.7. The Balaban J connectivity index is 2.33. The van der Waals surface area contributed by atoms with Crippen molar-refractivity contribution in [3.63, 3.8) is 0 Å². The maximum Gasteiger partial charge on any atom is 0.260 e. The van der Waals surface area contributed by atoms with Crippen LogP contribution in [0, 0.1) is 5.82 Å². The van der Waals surface area contributed by atoms with Gasteiger partial charge < -0.3 is 4.57 Å². The van der Waals surface area contributed by atoms with Gasteiger partial charge in [0.05, 0.1) is 10.9 Å². The summed E-state index contributed by atoms with van der Waals surface area (Å²) in [5, 5.41) is 1.08. The van der Waals surface area contributed by atoms with Gasteiger partial charge in [-0.1, -0.05) is 25.5 Å². The van der Waals surface area contributed by atoms with Gasteiger partial charge in [-0.05, 0) is 23.9 Å². The van der Waals surface area contributed by atoms with Crippen molar-refractivity contribution in [1.29, 1.82) is 0 Å². The summed E-state index contributed by atoms with van der Waals surface area (Å²) in [5.74, 6) is -0.577. The van der Waals surface area contributed by atoms with Gasteiger partial charge in [0.2, 0.25) is 0 Å². The lowest BCUT2D eigenvalue weighted by atomic mass is 9.99. The number of hydrogen-bond donors (Lipinski definition) is 0. The third-order valence-electron chi connectivity index (χ3n) is 4.09. The number of fused-ring (bicyclic) bond motifs is 1. The molecule has 24 heavy (non-hydrogen) atoms. The molecule has 0 saturated heterocycles. The van der Waals surface area contributed by atoms with Crippen molar-refractivity contribution in [2.45, 2.75) is 26.3 Å². The normalized spacial score (nSPS) is 10.9. The third-order valence-corrected chi connectivity index (χ3v) is 4.09. The van der Waals surface area contributed by atoms with Crippen LogP contribution < -0.4 is 5.56 Å². The minimum Gasteiger partial charge on any atom is -0.314 e. The van der Waals surface area contributed by atoms with E-state index in [1.54, 1.807) is 35.2 Å². The Morgan fingerprint density at radius 2 is 2.04 bits per heavy atom. The number of aryl methyl sites for hydroxylation is 1. The van der Waals surface area contributed by atoms with E-state index in [1.165, 1.54) is 12.3 Å². The van der Waals surface area contributed by atoms with E-state index in [-0.39, 0.29) is 11.1 Å². The van der Waals surface area contributed by atoms with Gasteiger partial charge in [0, 0.05) is 36.3 Å². The zero-order valence-corrected chi connectivity index (χ0v) is 13.3. The van der Waals surface area contributed by atoms with Crippen LogP contribution in [0.3, 0.4) is 0 Å². The molecule has 0 radical (unpaired) electrons. The zero-order chi connectivity index (χ0) is 17.1. The average molecular weight is 324 g/mol. The number of nitrogens with zero attached hydrogens (tertiary/aromatic N) is 2. The summed E-state index contributed by atoms with van der Waals surface area (Å²) in [5.41, 5.74) is 0.758. The van der Waals surface area contributed by atoms with E-state index < -0.39 is 5.82 Å². The molecule has 2 heterocycles. The summed E-state index contributed by atoms with van der Waals surface area (Å²) in [6, 6.07) is 6.38. The molecular weight excluding hydrogens is 307 g/mol. The standard InChI is InChI=1S/C19H17FN2O2/c1-2-3-9-22-11-17(14-7-8-21-10-16(14)19(22)24)15-6-4-5-13(12-23)18(15)20/h4-8,10-12H,2-3,9H2,1H3. The van der Waals surface area contributed by atoms with Crippen LogP contribution in [0.5, 0.6) is 0 Å². The Kier molecular flexibility index (Phi) is 4.51. The molecule has 0 atom stereocenters. The van der Waals surface area contributed by atoms with Crippen molar-refractivity contribution in [3.05, 3.63) is 64.6 Å². The van der Waals surface area contributed by atoms with Gasteiger partial charge in [0.1, 0.15) is 5.82 Å². The van der Waals surface area contributed by atoms with E-state index in [1.807, 2.05) is 6.92 Å². The van der Waals surface area contributed by atoms with Gasteiger partial charge in [-0.25, -0.2) is 4.39 Å². The minimum atomic E-state index is -0.577. The molecule has 5 heteroatoms. The number of unbranched alkanes of at least 4 members (excludes halogenated alkanes) is 1. The Morgan fingerprint density at radius 1 is 1.21 bits per heavy atom. The van der Waals surface area contributed by atoms with E-state index >= 15 is 0 Å². The van der Waals surface area contributed by atoms with E-state index in [0.29, 0.717) is 34.7 Å². The van der Waals surface area contributed by atoms with Crippen LogP contribution in [0.4, 0.5) is 4.39 Å². The molecule has 1 aromatic carbocycles. The predicted molar refractivity (Wildman–Crippen MR) is 91.7 cm³/mol. The predicted octanol–water partition coefficient (Wildman–Crippen LogP) is 3.82. The van der Waals surface area contributed by atoms with Crippen LogP contribution in [0.25, 0.3) is 21.9 Å². The van der Waals surface area contributed by atoms with Crippen molar-refractivity contribution >= 4 is 17.1 Å². The summed E-state index contributed by atoms with van der Waals surface area (Å²) in [6.07, 6.45) is 7.04. The molecule has 0 bridgehead atoms. The fraction of sp³-hybridized carbons (Fsp3) is 0.211. The van der Waals surface area contributed by atoms with Gasteiger partial charge in [0.25, 0.3) is 5.56 Å². The quantitative estimate of drug-likeness (QED) is 0.671. The first-order valence-corrected chi connectivity index (χ1v) is 7.88. The SMILES string of the molecule is CCCCn1cc(-c2cccc(C=O)c2F)c2ccncc2c1=O. The molecule has 3 rings (SSSR count). The highest BCUT2D eigenvalue weighted by Crippen LogP contribution is 2.29. The maximum atomic E-state index is 14.6. The minimum absolute atomic E-state index is 0.000939. The molecule has 0 aliphatic heterocycles. The van der Waals surface area contributed by atoms with E-state index in [4.69, 9.17) is 0 Å². The zero-order valence-electron chi connectivity index (χ0n) is 13.3. The van der Waals surface area contributed by atoms with Gasteiger partial charge in [-0.15, -0.1) is 0 Å². The van der Waals surface area contributed by atoms with E-state index in [9.17, 15) is 14.0 Å². The molecule has 0 aliphatic rings. The Morgan fingerprint density at radius 3 is 2.79 bits per heavy atom. The molecular formula is C19H17FN2O2. The number of rotatable bonds is 5. The van der Waals surface area contributed by atoms with Gasteiger partial charge in [-0.2, -0.15) is 0 Å². The smallest absolute Gasteiger partial charge is 0.260 e. The summed E-state index contributed by atoms with van der Waals surface area (Å²) in [7, 11) is 0. The molecule has 4 nitrogen and oxygen atoms in total. The lowest BCUT2D eigenvalue weighted by Gasteiger charge is -2.13. The monoisotopic (exact) mass is 324 g/mol. The fourth-order valence-corrected chi connectivity index (χ4v) is 2.80. The largest absolute Gasteiger partial charge is 0.314 e. The summed E-state index contributed by atoms with van der Waals surface area (Å²) < 4.78 is 16.2. The number of aldehydes is 1. The molecule has 0 aliphatic carbocycles. The summed E-state index contributed by atoms with van der Waals surface area (Å²) in [6.45, 7) is 2.60. The van der Waals surface area contributed by atoms with E-state index in [0.717, 1.165) is 12.8 Å². The van der Waals surface area contributed by atoms with Gasteiger partial charge in [0.15, 0.2) is 6.29 Å². The van der Waals surface area contributed by atoms with Crippen molar-refractivity contribution in [3.8, 4) is 11.1 Å². The Labute approximate surface area is 138 Å². The summed E-state index contributed by atoms with van der Waals surface area (Å²) >= 11 is 0. The van der Waals surface area contributed by atoms with Gasteiger partial charge in [-0.3, -0.25) is 14.6 Å². The Hall–Kier alpha value is -2.82. The highest BCUT2D eigenvalue weighted by molar-refractivity contribution is 5.96. The molecule has 0 unspecified atom stereocenters. The average Bonchev–Trinajstić information content (AvgIpc) is 2.62. The third kappa shape index (κ3) is 2.73. The first kappa shape index (κ1) is 16.1. The topological polar surface area (TPSA) is 52.0 Å². The molecule has 0 N–H and O–H groups in total. The molecule has 0 fully saturated rings. The lowest BCUT2D eigenvalue weighted by molar-refractivity contribution is 0.112. The number of halogens is 1. The highest BCUT2D eigenvalue weighted by Gasteiger charge is 2.15. The van der Waals surface area contributed by atoms with Crippen LogP contribution in [0.15, 0.2) is 47.7 Å². The first-order valence-electron chi connectivity index (χ1n) is 7.88. The molecule has 0 saturated carbocycles. The van der Waals surface area contributed by atoms with Crippen molar-refractivity contribution in [2.24, 2.45) is 0 Å². The van der Waals surface area contributed by atoms with E-state index in [2.05, 4.69) is 4.98 Å². The first-order chi connectivity index (χ1) is 11.7.